The molecule has 0 radical (unpaired) electrons. The molecule has 376 valence electrons. The predicted octanol–water partition coefficient (Wildman–Crippen LogP) is 7.31. The molecule has 0 saturated carbocycles. The van der Waals surface area contributed by atoms with Crippen LogP contribution in [0.3, 0.4) is 0 Å². The van der Waals surface area contributed by atoms with Crippen LogP contribution in [0.25, 0.3) is 0 Å². The molecule has 5 rings (SSSR count). The zero-order valence-electron chi connectivity index (χ0n) is 41.6. The third-order valence-corrected chi connectivity index (χ3v) is 15.2. The Morgan fingerprint density at radius 2 is 1.26 bits per heavy atom. The Morgan fingerprint density at radius 1 is 0.697 bits per heavy atom. The lowest BCUT2D eigenvalue weighted by atomic mass is 9.77. The topological polar surface area (TPSA) is 173 Å². The monoisotopic (exact) mass is 939 g/mol. The molecule has 16 heteroatoms. The molecule has 22 atom stereocenters. The van der Waals surface area contributed by atoms with Gasteiger partial charge in [-0.05, 0) is 60.3 Å². The molecule has 0 aliphatic carbocycles. The fourth-order valence-electron chi connectivity index (χ4n) is 10.3. The molecule has 4 saturated heterocycles. The van der Waals surface area contributed by atoms with E-state index in [4.69, 9.17) is 52.1 Å². The lowest BCUT2D eigenvalue weighted by Crippen LogP contribution is -2.67. The van der Waals surface area contributed by atoms with Crippen LogP contribution in [0.15, 0.2) is 30.3 Å². The summed E-state index contributed by atoms with van der Waals surface area (Å²) >= 11 is 0. The molecule has 4 aliphatic rings. The van der Waals surface area contributed by atoms with Crippen LogP contribution in [0.4, 0.5) is 4.39 Å². The van der Waals surface area contributed by atoms with E-state index in [0.29, 0.717) is 6.42 Å². The number of halogens is 1. The summed E-state index contributed by atoms with van der Waals surface area (Å²) < 4.78 is 86.2. The first-order chi connectivity index (χ1) is 31.2. The summed E-state index contributed by atoms with van der Waals surface area (Å²) in [6.07, 6.45) is -9.39. The van der Waals surface area contributed by atoms with E-state index in [1.54, 1.807) is 20.8 Å². The van der Waals surface area contributed by atoms with E-state index in [-0.39, 0.29) is 54.6 Å². The number of aliphatic hydroxyl groups is 1. The normalized spacial score (nSPS) is 41.6. The fraction of sp³-hybridized carbons (Fsp3) is 0.820. The average Bonchev–Trinajstić information content (AvgIpc) is 3.29. The highest BCUT2D eigenvalue weighted by atomic mass is 19.1. The summed E-state index contributed by atoms with van der Waals surface area (Å²) in [4.78, 5) is 38.7. The molecule has 0 bridgehead atoms. The number of carbonyl (C=O) groups excluding carboxylic acids is 3. The van der Waals surface area contributed by atoms with Gasteiger partial charge in [-0.15, -0.1) is 0 Å². The Balaban J connectivity index is 1.43. The minimum absolute atomic E-state index is 0.0276. The lowest BCUT2D eigenvalue weighted by molar-refractivity contribution is -0.366. The summed E-state index contributed by atoms with van der Waals surface area (Å²) in [5.41, 5.74) is 0.923. The zero-order valence-corrected chi connectivity index (χ0v) is 41.6. The molecular weight excluding hydrogens is 860 g/mol. The fourth-order valence-corrected chi connectivity index (χ4v) is 10.3. The minimum atomic E-state index is -2.65. The summed E-state index contributed by atoms with van der Waals surface area (Å²) in [7, 11) is 1.11. The molecule has 15 nitrogen and oxygen atoms in total. The second-order valence-electron chi connectivity index (χ2n) is 19.4. The number of hydrogen-bond donors (Lipinski definition) is 1. The summed E-state index contributed by atoms with van der Waals surface area (Å²) in [5.74, 6) is -7.11. The number of methoxy groups -OCH3 is 1. The van der Waals surface area contributed by atoms with E-state index < -0.39 is 116 Å². The summed E-state index contributed by atoms with van der Waals surface area (Å²) in [6.45, 7) is 23.8. The first-order valence-corrected chi connectivity index (χ1v) is 24.2. The van der Waals surface area contributed by atoms with E-state index >= 15 is 4.39 Å². The number of ether oxygens (including phenoxy) is 11. The summed E-state index contributed by atoms with van der Waals surface area (Å²) in [5, 5.41) is 11.0. The van der Waals surface area contributed by atoms with Gasteiger partial charge in [0, 0.05) is 25.7 Å². The van der Waals surface area contributed by atoms with Crippen molar-refractivity contribution < 1.29 is 76.0 Å². The van der Waals surface area contributed by atoms with E-state index in [1.807, 2.05) is 65.0 Å². The molecule has 0 spiro atoms. The molecule has 1 aromatic rings. The van der Waals surface area contributed by atoms with Gasteiger partial charge in [-0.2, -0.15) is 0 Å². The van der Waals surface area contributed by atoms with E-state index in [0.717, 1.165) is 19.1 Å². The van der Waals surface area contributed by atoms with Crippen molar-refractivity contribution in [1.29, 1.82) is 0 Å². The molecule has 66 heavy (non-hydrogen) atoms. The van der Waals surface area contributed by atoms with Crippen LogP contribution in [-0.4, -0.2) is 122 Å². The Hall–Kier alpha value is -2.80. The van der Waals surface area contributed by atoms with Crippen LogP contribution < -0.4 is 0 Å². The standard InChI is InChI=1S/C50H79FO15/c1-15-36-25(4)26(5)43(46(54)61-36)65-47-32(11)29(8)41(37(16-2)62-47)64-48-31(10)28(7)40(57-23-35-21-19-18-20-22-35)39(63-48)24-58-50(49(55)56-14)45(51)30(9)27(6)42(66-50)44(60-34(13)53)38(17-3)59-33(12)52/h18-22,25-32,36-48,54H,15-17,23-24H2,1-14H3/t25-,26-,27+,28+,29+,30-,31?,32?,36?,37?,38+,39?,40+,41-,42?,43?,44+,45?,46?,47-,48-,50+/m0/s1. The van der Waals surface area contributed by atoms with Gasteiger partial charge in [0.1, 0.15) is 24.4 Å². The van der Waals surface area contributed by atoms with Gasteiger partial charge in [-0.1, -0.05) is 106 Å². The molecule has 1 aromatic carbocycles. The van der Waals surface area contributed by atoms with Crippen LogP contribution in [0.1, 0.15) is 115 Å². The Kier molecular flexibility index (Phi) is 19.4. The van der Waals surface area contributed by atoms with E-state index in [2.05, 4.69) is 20.8 Å². The zero-order chi connectivity index (χ0) is 48.8. The Labute approximate surface area is 391 Å². The maximum absolute atomic E-state index is 17.1. The van der Waals surface area contributed by atoms with Crippen molar-refractivity contribution >= 4 is 17.9 Å². The highest BCUT2D eigenvalue weighted by molar-refractivity contribution is 5.79. The van der Waals surface area contributed by atoms with Gasteiger partial charge in [-0.25, -0.2) is 9.18 Å². The van der Waals surface area contributed by atoms with Crippen molar-refractivity contribution in [2.24, 2.45) is 47.3 Å². The van der Waals surface area contributed by atoms with Gasteiger partial charge in [0.15, 0.2) is 31.1 Å². The van der Waals surface area contributed by atoms with Crippen LogP contribution >= 0.6 is 0 Å². The van der Waals surface area contributed by atoms with Gasteiger partial charge in [0.05, 0.1) is 44.7 Å². The lowest BCUT2D eigenvalue weighted by Gasteiger charge is -2.51. The number of rotatable bonds is 18. The van der Waals surface area contributed by atoms with E-state index in [9.17, 15) is 19.5 Å². The third-order valence-electron chi connectivity index (χ3n) is 15.2. The highest BCUT2D eigenvalue weighted by Gasteiger charge is 2.63. The molecule has 0 amide bonds. The molecule has 0 aromatic heterocycles. The van der Waals surface area contributed by atoms with E-state index in [1.165, 1.54) is 13.8 Å². The molecule has 1 N–H and O–H groups in total. The first-order valence-electron chi connectivity index (χ1n) is 24.2. The number of carbonyl (C=O) groups is 3. The maximum Gasteiger partial charge on any atom is 0.369 e. The van der Waals surface area contributed by atoms with Crippen LogP contribution in [0.5, 0.6) is 0 Å². The first kappa shape index (κ1) is 54.1. The number of alkyl halides is 1. The average molecular weight is 939 g/mol. The molecule has 4 fully saturated rings. The molecule has 9 unspecified atom stereocenters. The number of aliphatic hydroxyl groups excluding tert-OH is 1. The van der Waals surface area contributed by atoms with Gasteiger partial charge >= 0.3 is 23.7 Å². The van der Waals surface area contributed by atoms with Crippen molar-refractivity contribution in [2.45, 2.75) is 202 Å². The van der Waals surface area contributed by atoms with Crippen molar-refractivity contribution in [1.82, 2.24) is 0 Å². The second kappa shape index (κ2) is 23.7. The largest absolute Gasteiger partial charge is 0.465 e. The number of hydrogen-bond acceptors (Lipinski definition) is 15. The van der Waals surface area contributed by atoms with Gasteiger partial charge in [-0.3, -0.25) is 9.59 Å². The minimum Gasteiger partial charge on any atom is -0.465 e. The van der Waals surface area contributed by atoms with Gasteiger partial charge < -0.3 is 57.2 Å². The number of esters is 3. The maximum atomic E-state index is 17.1. The van der Waals surface area contributed by atoms with Crippen molar-refractivity contribution in [3.8, 4) is 0 Å². The van der Waals surface area contributed by atoms with Crippen LogP contribution in [0.2, 0.25) is 0 Å². The van der Waals surface area contributed by atoms with Crippen molar-refractivity contribution in [3.63, 3.8) is 0 Å². The van der Waals surface area contributed by atoms with Gasteiger partial charge in [0.25, 0.3) is 0 Å². The second-order valence-corrected chi connectivity index (χ2v) is 19.4. The summed E-state index contributed by atoms with van der Waals surface area (Å²) in [6, 6.07) is 9.66. The quantitative estimate of drug-likeness (QED) is 0.115. The highest BCUT2D eigenvalue weighted by Crippen LogP contribution is 2.46. The third kappa shape index (κ3) is 11.8. The number of benzene rings is 1. The van der Waals surface area contributed by atoms with Crippen molar-refractivity contribution in [2.75, 3.05) is 13.7 Å². The van der Waals surface area contributed by atoms with Crippen LogP contribution in [-0.2, 0) is 73.1 Å². The smallest absolute Gasteiger partial charge is 0.369 e. The van der Waals surface area contributed by atoms with Gasteiger partial charge in [0.2, 0.25) is 0 Å². The molecule has 4 heterocycles. The predicted molar refractivity (Wildman–Crippen MR) is 239 cm³/mol. The SMILES string of the molecule is CCC1OC(O)C(O[C@@H]2OC(CC)[C@@H](O[C@@H]3OC(CO[C@@]4(C(=O)OC)OC([C@H](OC(C)=O)[C@@H](CC)OC(C)=O)[C@H](C)[C@H](C)C4F)[C@H](OCc4ccccc4)[C@H](C)C3C)[C@H](C)C2C)[C@@H](C)[C@@H]1C. The molecule has 4 aliphatic heterocycles. The van der Waals surface area contributed by atoms with Crippen molar-refractivity contribution in [3.05, 3.63) is 35.9 Å². The Morgan fingerprint density at radius 3 is 1.82 bits per heavy atom. The molecular formula is C50H79FO15. The van der Waals surface area contributed by atoms with Crippen LogP contribution in [0, 0.1) is 47.3 Å². The Bertz CT molecular complexity index is 1700.